The predicted molar refractivity (Wildman–Crippen MR) is 77.2 cm³/mol. The molecule has 0 aromatic rings. The number of likely N-dealkylation sites (N-methyl/N-ethyl adjacent to an activating group) is 1. The molecule has 0 bridgehead atoms. The zero-order valence-corrected chi connectivity index (χ0v) is 12.6. The summed E-state index contributed by atoms with van der Waals surface area (Å²) in [6.07, 6.45) is 8.31. The van der Waals surface area contributed by atoms with Gasteiger partial charge in [0.25, 0.3) is 0 Å². The molecule has 2 fully saturated rings. The number of ketones is 1. The van der Waals surface area contributed by atoms with Gasteiger partial charge >= 0.3 is 0 Å². The second-order valence-corrected chi connectivity index (χ2v) is 6.42. The molecule has 3 nitrogen and oxygen atoms in total. The van der Waals surface area contributed by atoms with Gasteiger partial charge in [0.15, 0.2) is 0 Å². The van der Waals surface area contributed by atoms with E-state index in [4.69, 9.17) is 4.74 Å². The summed E-state index contributed by atoms with van der Waals surface area (Å²) in [5.74, 6) is 1.52. The van der Waals surface area contributed by atoms with Gasteiger partial charge in [-0.3, -0.25) is 4.79 Å². The van der Waals surface area contributed by atoms with Crippen molar-refractivity contribution in [3.05, 3.63) is 0 Å². The predicted octanol–water partition coefficient (Wildman–Crippen LogP) is 2.88. The zero-order valence-electron chi connectivity index (χ0n) is 12.6. The largest absolute Gasteiger partial charge is 0.377 e. The zero-order chi connectivity index (χ0) is 13.7. The number of rotatable bonds is 5. The molecule has 0 aromatic carbocycles. The summed E-state index contributed by atoms with van der Waals surface area (Å²) in [6.45, 7) is 5.08. The molecule has 1 aliphatic heterocycles. The summed E-state index contributed by atoms with van der Waals surface area (Å²) in [6, 6.07) is 0. The third-order valence-corrected chi connectivity index (χ3v) is 4.77. The quantitative estimate of drug-likeness (QED) is 0.767. The van der Waals surface area contributed by atoms with Crippen molar-refractivity contribution in [1.82, 2.24) is 4.90 Å². The minimum Gasteiger partial charge on any atom is -0.377 e. The van der Waals surface area contributed by atoms with Crippen LogP contribution in [0, 0.1) is 11.8 Å². The smallest absolute Gasteiger partial charge is 0.137 e. The number of ether oxygens (including phenoxy) is 1. The molecule has 1 aliphatic carbocycles. The van der Waals surface area contributed by atoms with Gasteiger partial charge in [0, 0.05) is 32.0 Å². The van der Waals surface area contributed by atoms with Crippen molar-refractivity contribution < 1.29 is 9.53 Å². The van der Waals surface area contributed by atoms with E-state index in [0.717, 1.165) is 44.9 Å². The second-order valence-electron chi connectivity index (χ2n) is 6.42. The summed E-state index contributed by atoms with van der Waals surface area (Å²) in [4.78, 5) is 14.3. The van der Waals surface area contributed by atoms with Crippen LogP contribution in [0.1, 0.15) is 51.9 Å². The highest BCUT2D eigenvalue weighted by atomic mass is 16.5. The Labute approximate surface area is 117 Å². The molecule has 19 heavy (non-hydrogen) atoms. The van der Waals surface area contributed by atoms with Crippen molar-refractivity contribution >= 4 is 5.78 Å². The normalized spacial score (nSPS) is 32.8. The van der Waals surface area contributed by atoms with Gasteiger partial charge in [-0.15, -0.1) is 0 Å². The number of hydrogen-bond donors (Lipinski definition) is 0. The molecule has 1 heterocycles. The fourth-order valence-electron chi connectivity index (χ4n) is 3.50. The lowest BCUT2D eigenvalue weighted by Crippen LogP contribution is -2.39. The molecule has 1 saturated carbocycles. The van der Waals surface area contributed by atoms with E-state index in [0.29, 0.717) is 11.9 Å². The molecule has 2 aliphatic rings. The maximum Gasteiger partial charge on any atom is 0.137 e. The van der Waals surface area contributed by atoms with Gasteiger partial charge in [-0.1, -0.05) is 13.3 Å². The van der Waals surface area contributed by atoms with Crippen molar-refractivity contribution in [3.63, 3.8) is 0 Å². The average molecular weight is 267 g/mol. The Balaban J connectivity index is 1.76. The Kier molecular flexibility index (Phi) is 5.83. The van der Waals surface area contributed by atoms with Crippen molar-refractivity contribution in [2.24, 2.45) is 11.8 Å². The van der Waals surface area contributed by atoms with Crippen LogP contribution in [0.2, 0.25) is 0 Å². The minimum absolute atomic E-state index is 0.271. The van der Waals surface area contributed by atoms with Crippen LogP contribution in [0.4, 0.5) is 0 Å². The number of hydrogen-bond acceptors (Lipinski definition) is 3. The molecular formula is C16H29NO2. The van der Waals surface area contributed by atoms with E-state index < -0.39 is 0 Å². The lowest BCUT2D eigenvalue weighted by atomic mass is 9.79. The molecule has 1 saturated heterocycles. The fourth-order valence-corrected chi connectivity index (χ4v) is 3.50. The maximum atomic E-state index is 12.0. The van der Waals surface area contributed by atoms with E-state index in [9.17, 15) is 4.79 Å². The van der Waals surface area contributed by atoms with Gasteiger partial charge in [0.1, 0.15) is 5.78 Å². The van der Waals surface area contributed by atoms with E-state index >= 15 is 0 Å². The summed E-state index contributed by atoms with van der Waals surface area (Å²) in [7, 11) is 2.14. The van der Waals surface area contributed by atoms with Crippen LogP contribution in [0.5, 0.6) is 0 Å². The fraction of sp³-hybridized carbons (Fsp3) is 0.938. The van der Waals surface area contributed by atoms with Crippen LogP contribution in [0.15, 0.2) is 0 Å². The number of nitrogens with zero attached hydrogens (tertiary/aromatic N) is 1. The van der Waals surface area contributed by atoms with E-state index in [1.54, 1.807) is 0 Å². The van der Waals surface area contributed by atoms with Crippen LogP contribution < -0.4 is 0 Å². The molecule has 2 rings (SSSR count). The van der Waals surface area contributed by atoms with Gasteiger partial charge in [-0.2, -0.15) is 0 Å². The Bertz CT molecular complexity index is 286. The third kappa shape index (κ3) is 4.57. The molecular weight excluding hydrogens is 238 g/mol. The first kappa shape index (κ1) is 15.0. The van der Waals surface area contributed by atoms with Crippen molar-refractivity contribution in [2.75, 3.05) is 26.7 Å². The lowest BCUT2D eigenvalue weighted by Gasteiger charge is -2.32. The lowest BCUT2D eigenvalue weighted by molar-refractivity contribution is -0.126. The molecule has 3 heteroatoms. The monoisotopic (exact) mass is 267 g/mol. The summed E-state index contributed by atoms with van der Waals surface area (Å²) in [5.41, 5.74) is 0. The topological polar surface area (TPSA) is 29.5 Å². The van der Waals surface area contributed by atoms with Gasteiger partial charge in [0.05, 0.1) is 6.10 Å². The molecule has 3 unspecified atom stereocenters. The highest BCUT2D eigenvalue weighted by molar-refractivity contribution is 5.81. The second kappa shape index (κ2) is 7.39. The van der Waals surface area contributed by atoms with E-state index in [-0.39, 0.29) is 5.92 Å². The third-order valence-electron chi connectivity index (χ3n) is 4.77. The van der Waals surface area contributed by atoms with Gasteiger partial charge in [-0.05, 0) is 45.1 Å². The number of carbonyl (C=O) groups excluding carboxylic acids is 1. The minimum atomic E-state index is 0.271. The van der Waals surface area contributed by atoms with Crippen molar-refractivity contribution in [1.29, 1.82) is 0 Å². The highest BCUT2D eigenvalue weighted by Gasteiger charge is 2.29. The van der Waals surface area contributed by atoms with Gasteiger partial charge in [-0.25, -0.2) is 0 Å². The summed E-state index contributed by atoms with van der Waals surface area (Å²) >= 11 is 0. The van der Waals surface area contributed by atoms with E-state index in [1.165, 1.54) is 25.7 Å². The van der Waals surface area contributed by atoms with Crippen LogP contribution >= 0.6 is 0 Å². The molecule has 0 N–H and O–H groups in total. The van der Waals surface area contributed by atoms with Crippen LogP contribution in [-0.2, 0) is 9.53 Å². The van der Waals surface area contributed by atoms with Crippen molar-refractivity contribution in [2.45, 2.75) is 58.0 Å². The number of Topliss-reactive ketones (excluding diaryl/α,β-unsaturated/α-hetero) is 1. The van der Waals surface area contributed by atoms with Crippen LogP contribution in [-0.4, -0.2) is 43.5 Å². The highest BCUT2D eigenvalue weighted by Crippen LogP contribution is 2.29. The van der Waals surface area contributed by atoms with Crippen LogP contribution in [0.3, 0.4) is 0 Å². The molecule has 110 valence electrons. The Morgan fingerprint density at radius 2 is 2.11 bits per heavy atom. The molecule has 0 spiro atoms. The Morgan fingerprint density at radius 1 is 1.26 bits per heavy atom. The molecule has 0 aromatic heterocycles. The molecule has 0 radical (unpaired) electrons. The van der Waals surface area contributed by atoms with E-state index in [1.807, 2.05) is 0 Å². The first-order valence-corrected chi connectivity index (χ1v) is 8.02. The van der Waals surface area contributed by atoms with Gasteiger partial charge < -0.3 is 9.64 Å². The SMILES string of the molecule is CCC1CCC(=O)C(CN(C)CC2CCCCO2)C1. The first-order valence-electron chi connectivity index (χ1n) is 8.02. The average Bonchev–Trinajstić information content (AvgIpc) is 2.42. The maximum absolute atomic E-state index is 12.0. The summed E-state index contributed by atoms with van der Waals surface area (Å²) < 4.78 is 5.78. The standard InChI is InChI=1S/C16H29NO2/c1-3-13-7-8-16(18)14(10-13)11-17(2)12-15-6-4-5-9-19-15/h13-15H,3-12H2,1-2H3. The Morgan fingerprint density at radius 3 is 2.79 bits per heavy atom. The summed E-state index contributed by atoms with van der Waals surface area (Å²) in [5, 5.41) is 0. The van der Waals surface area contributed by atoms with Gasteiger partial charge in [0.2, 0.25) is 0 Å². The molecule has 3 atom stereocenters. The van der Waals surface area contributed by atoms with Crippen molar-refractivity contribution in [3.8, 4) is 0 Å². The molecule has 0 amide bonds. The van der Waals surface area contributed by atoms with E-state index in [2.05, 4.69) is 18.9 Å². The van der Waals surface area contributed by atoms with Crippen LogP contribution in [0.25, 0.3) is 0 Å². The number of carbonyl (C=O) groups is 1. The first-order chi connectivity index (χ1) is 9.19. The Hall–Kier alpha value is -0.410.